The molecule has 0 bridgehead atoms. The van der Waals surface area contributed by atoms with Gasteiger partial charge in [0, 0.05) is 5.02 Å². The Balaban J connectivity index is 2.40. The zero-order valence-electron chi connectivity index (χ0n) is 9.82. The van der Waals surface area contributed by atoms with Crippen LogP contribution in [-0.4, -0.2) is 17.1 Å². The first kappa shape index (κ1) is 13.1. The number of nitrogens with zero attached hydrogens (tertiary/aromatic N) is 3. The number of hydrogen-bond donors (Lipinski definition) is 1. The van der Waals surface area contributed by atoms with Crippen molar-refractivity contribution in [3.05, 3.63) is 40.9 Å². The van der Waals surface area contributed by atoms with E-state index in [-0.39, 0.29) is 17.3 Å². The Hall–Kier alpha value is -2.39. The molecule has 5 nitrogen and oxygen atoms in total. The highest BCUT2D eigenvalue weighted by Gasteiger charge is 2.13. The summed E-state index contributed by atoms with van der Waals surface area (Å²) >= 11 is 5.78. The van der Waals surface area contributed by atoms with Crippen LogP contribution in [0.25, 0.3) is 0 Å². The lowest BCUT2D eigenvalue weighted by atomic mass is 10.2. The quantitative estimate of drug-likeness (QED) is 0.935. The number of benzene rings is 1. The SMILES string of the molecule is COc1ncnc(Nc2ccc(Cl)cc2C#N)c1F. The largest absolute Gasteiger partial charge is 0.479 e. The van der Waals surface area contributed by atoms with Crippen molar-refractivity contribution in [2.75, 3.05) is 12.4 Å². The second kappa shape index (κ2) is 5.50. The summed E-state index contributed by atoms with van der Waals surface area (Å²) in [6.45, 7) is 0. The molecule has 7 heteroatoms. The molecule has 0 aliphatic heterocycles. The molecule has 0 atom stereocenters. The molecule has 96 valence electrons. The molecule has 19 heavy (non-hydrogen) atoms. The van der Waals surface area contributed by atoms with Crippen LogP contribution in [0.4, 0.5) is 15.9 Å². The minimum absolute atomic E-state index is 0.0781. The van der Waals surface area contributed by atoms with Crippen molar-refractivity contribution in [3.8, 4) is 11.9 Å². The molecule has 0 saturated heterocycles. The molecule has 0 unspecified atom stereocenters. The monoisotopic (exact) mass is 278 g/mol. The predicted octanol–water partition coefficient (Wildman–Crippen LogP) is 2.89. The molecule has 0 amide bonds. The molecular weight excluding hydrogens is 271 g/mol. The summed E-state index contributed by atoms with van der Waals surface area (Å²) in [5, 5.41) is 12.1. The van der Waals surface area contributed by atoms with E-state index in [2.05, 4.69) is 15.3 Å². The molecule has 1 aromatic carbocycles. The molecule has 1 N–H and O–H groups in total. The van der Waals surface area contributed by atoms with Gasteiger partial charge in [0.05, 0.1) is 18.4 Å². The molecule has 0 spiro atoms. The van der Waals surface area contributed by atoms with Gasteiger partial charge in [-0.15, -0.1) is 0 Å². The van der Waals surface area contributed by atoms with Gasteiger partial charge in [0.1, 0.15) is 12.4 Å². The van der Waals surface area contributed by atoms with Gasteiger partial charge in [-0.05, 0) is 18.2 Å². The first-order valence-electron chi connectivity index (χ1n) is 5.17. The topological polar surface area (TPSA) is 70.8 Å². The summed E-state index contributed by atoms with van der Waals surface area (Å²) in [5.74, 6) is -0.987. The zero-order valence-corrected chi connectivity index (χ0v) is 10.6. The van der Waals surface area contributed by atoms with Crippen LogP contribution in [0.3, 0.4) is 0 Å². The average Bonchev–Trinajstić information content (AvgIpc) is 2.42. The smallest absolute Gasteiger partial charge is 0.255 e. The van der Waals surface area contributed by atoms with E-state index in [9.17, 15) is 4.39 Å². The van der Waals surface area contributed by atoms with Crippen LogP contribution >= 0.6 is 11.6 Å². The van der Waals surface area contributed by atoms with E-state index in [4.69, 9.17) is 21.6 Å². The highest BCUT2D eigenvalue weighted by molar-refractivity contribution is 6.30. The van der Waals surface area contributed by atoms with E-state index in [1.807, 2.05) is 6.07 Å². The van der Waals surface area contributed by atoms with Crippen molar-refractivity contribution in [2.24, 2.45) is 0 Å². The van der Waals surface area contributed by atoms with Crippen LogP contribution in [0, 0.1) is 17.1 Å². The van der Waals surface area contributed by atoms with Gasteiger partial charge in [0.25, 0.3) is 5.88 Å². The van der Waals surface area contributed by atoms with Crippen LogP contribution in [0.5, 0.6) is 5.88 Å². The lowest BCUT2D eigenvalue weighted by molar-refractivity contribution is 0.368. The minimum Gasteiger partial charge on any atom is -0.479 e. The van der Waals surface area contributed by atoms with E-state index in [1.54, 1.807) is 12.1 Å². The Morgan fingerprint density at radius 3 is 2.89 bits per heavy atom. The third-order valence-corrected chi connectivity index (χ3v) is 2.54. The highest BCUT2D eigenvalue weighted by Crippen LogP contribution is 2.26. The number of rotatable bonds is 3. The first-order chi connectivity index (χ1) is 9.15. The molecule has 1 aromatic heterocycles. The molecule has 0 fully saturated rings. The van der Waals surface area contributed by atoms with E-state index in [0.29, 0.717) is 10.7 Å². The molecule has 1 heterocycles. The van der Waals surface area contributed by atoms with Crippen LogP contribution in [-0.2, 0) is 0 Å². The summed E-state index contributed by atoms with van der Waals surface area (Å²) in [4.78, 5) is 7.38. The number of methoxy groups -OCH3 is 1. The Bertz CT molecular complexity index is 657. The fourth-order valence-corrected chi connectivity index (χ4v) is 1.60. The number of aromatic nitrogens is 2. The number of nitriles is 1. The Kier molecular flexibility index (Phi) is 3.78. The molecule has 2 aromatic rings. The van der Waals surface area contributed by atoms with Crippen LogP contribution in [0.2, 0.25) is 5.02 Å². The van der Waals surface area contributed by atoms with E-state index < -0.39 is 5.82 Å². The van der Waals surface area contributed by atoms with Crippen molar-refractivity contribution in [1.82, 2.24) is 9.97 Å². The van der Waals surface area contributed by atoms with Crippen molar-refractivity contribution < 1.29 is 9.13 Å². The predicted molar refractivity (Wildman–Crippen MR) is 68.0 cm³/mol. The number of anilines is 2. The van der Waals surface area contributed by atoms with E-state index in [1.165, 1.54) is 13.2 Å². The summed E-state index contributed by atoms with van der Waals surface area (Å²) < 4.78 is 18.6. The molecule has 0 aliphatic carbocycles. The third kappa shape index (κ3) is 2.72. The first-order valence-corrected chi connectivity index (χ1v) is 5.54. The van der Waals surface area contributed by atoms with Crippen molar-refractivity contribution in [2.45, 2.75) is 0 Å². The van der Waals surface area contributed by atoms with Crippen molar-refractivity contribution >= 4 is 23.1 Å². The minimum atomic E-state index is -0.733. The zero-order chi connectivity index (χ0) is 13.8. The number of nitrogens with one attached hydrogen (secondary N) is 1. The fourth-order valence-electron chi connectivity index (χ4n) is 1.43. The number of halogens is 2. The Morgan fingerprint density at radius 1 is 1.42 bits per heavy atom. The fraction of sp³-hybridized carbons (Fsp3) is 0.0833. The Morgan fingerprint density at radius 2 is 2.21 bits per heavy atom. The van der Waals surface area contributed by atoms with E-state index in [0.717, 1.165) is 6.33 Å². The van der Waals surface area contributed by atoms with Gasteiger partial charge in [0.15, 0.2) is 5.82 Å². The highest BCUT2D eigenvalue weighted by atomic mass is 35.5. The van der Waals surface area contributed by atoms with Crippen LogP contribution < -0.4 is 10.1 Å². The van der Waals surface area contributed by atoms with E-state index >= 15 is 0 Å². The lowest BCUT2D eigenvalue weighted by Crippen LogP contribution is -2.02. The second-order valence-electron chi connectivity index (χ2n) is 3.47. The van der Waals surface area contributed by atoms with Crippen molar-refractivity contribution in [1.29, 1.82) is 5.26 Å². The summed E-state index contributed by atoms with van der Waals surface area (Å²) in [7, 11) is 1.30. The standard InChI is InChI=1S/C12H8ClFN4O/c1-19-12-10(14)11(16-6-17-12)18-9-3-2-8(13)4-7(9)5-15/h2-4,6H,1H3,(H,16,17,18). The lowest BCUT2D eigenvalue weighted by Gasteiger charge is -2.09. The summed E-state index contributed by atoms with van der Waals surface area (Å²) in [6, 6.07) is 6.58. The van der Waals surface area contributed by atoms with Gasteiger partial charge in [-0.2, -0.15) is 14.6 Å². The summed E-state index contributed by atoms with van der Waals surface area (Å²) in [5.41, 5.74) is 0.677. The maximum absolute atomic E-state index is 13.9. The third-order valence-electron chi connectivity index (χ3n) is 2.31. The molecular formula is C12H8ClFN4O. The Labute approximate surface area is 113 Å². The molecule has 0 saturated carbocycles. The maximum atomic E-state index is 13.9. The van der Waals surface area contributed by atoms with Gasteiger partial charge in [0.2, 0.25) is 5.82 Å². The summed E-state index contributed by atoms with van der Waals surface area (Å²) in [6.07, 6.45) is 1.16. The van der Waals surface area contributed by atoms with Gasteiger partial charge in [-0.25, -0.2) is 4.98 Å². The molecule has 0 radical (unpaired) electrons. The number of hydrogen-bond acceptors (Lipinski definition) is 5. The van der Waals surface area contributed by atoms with Gasteiger partial charge in [-0.1, -0.05) is 11.6 Å². The molecule has 0 aliphatic rings. The van der Waals surface area contributed by atoms with Crippen LogP contribution in [0.1, 0.15) is 5.56 Å². The molecule has 2 rings (SSSR count). The van der Waals surface area contributed by atoms with Crippen LogP contribution in [0.15, 0.2) is 24.5 Å². The van der Waals surface area contributed by atoms with Gasteiger partial charge in [-0.3, -0.25) is 0 Å². The van der Waals surface area contributed by atoms with Gasteiger partial charge < -0.3 is 10.1 Å². The normalized spacial score (nSPS) is 9.79. The number of ether oxygens (including phenoxy) is 1. The van der Waals surface area contributed by atoms with Gasteiger partial charge >= 0.3 is 0 Å². The second-order valence-corrected chi connectivity index (χ2v) is 3.91. The van der Waals surface area contributed by atoms with Crippen molar-refractivity contribution in [3.63, 3.8) is 0 Å². The maximum Gasteiger partial charge on any atom is 0.255 e. The average molecular weight is 279 g/mol.